The molecule has 3 N–H and O–H groups in total. The minimum absolute atomic E-state index is 0.0320. The second-order valence-electron chi connectivity index (χ2n) is 8.25. The summed E-state index contributed by atoms with van der Waals surface area (Å²) in [5, 5.41) is 12.9. The lowest BCUT2D eigenvalue weighted by atomic mass is 9.67. The van der Waals surface area contributed by atoms with Crippen LogP contribution in [-0.2, 0) is 19.7 Å². The topological polar surface area (TPSA) is 108 Å². The van der Waals surface area contributed by atoms with E-state index in [-0.39, 0.29) is 28.8 Å². The Hall–Kier alpha value is -3.27. The number of nitrogens with zero attached hydrogens (tertiary/aromatic N) is 2. The second kappa shape index (κ2) is 5.61. The molecule has 3 aliphatic heterocycles. The number of amides is 1. The van der Waals surface area contributed by atoms with Gasteiger partial charge in [-0.05, 0) is 25.8 Å². The Balaban J connectivity index is 2.10. The lowest BCUT2D eigenvalue weighted by molar-refractivity contribution is -0.145. The highest BCUT2D eigenvalue weighted by atomic mass is 16.6. The number of nitrogens with two attached hydrogens (primary N) is 1. The van der Waals surface area contributed by atoms with Crippen molar-refractivity contribution in [2.45, 2.75) is 38.7 Å². The van der Waals surface area contributed by atoms with Crippen LogP contribution in [0.5, 0.6) is 0 Å². The van der Waals surface area contributed by atoms with Gasteiger partial charge in [0.15, 0.2) is 0 Å². The Morgan fingerprint density at radius 1 is 1.29 bits per heavy atom. The van der Waals surface area contributed by atoms with Gasteiger partial charge < -0.3 is 20.7 Å². The lowest BCUT2D eigenvalue weighted by Crippen LogP contribution is -2.50. The van der Waals surface area contributed by atoms with Gasteiger partial charge in [-0.1, -0.05) is 32.0 Å². The first-order valence-electron chi connectivity index (χ1n) is 9.23. The van der Waals surface area contributed by atoms with Crippen molar-refractivity contribution in [2.75, 3.05) is 11.4 Å². The zero-order valence-electron chi connectivity index (χ0n) is 16.3. The number of nitriles is 1. The number of hydrogen-bond donors (Lipinski definition) is 2. The van der Waals surface area contributed by atoms with E-state index < -0.39 is 17.0 Å². The summed E-state index contributed by atoms with van der Waals surface area (Å²) >= 11 is 0. The first-order valence-corrected chi connectivity index (χ1v) is 9.23. The summed E-state index contributed by atoms with van der Waals surface area (Å²) in [6.45, 7) is 7.95. The molecule has 1 spiro atoms. The number of carbonyl (C=O) groups excluding carboxylic acids is 2. The van der Waals surface area contributed by atoms with Gasteiger partial charge in [0, 0.05) is 17.8 Å². The maximum Gasteiger partial charge on any atom is 0.338 e. The van der Waals surface area contributed by atoms with Gasteiger partial charge in [-0.25, -0.2) is 4.79 Å². The van der Waals surface area contributed by atoms with Crippen LogP contribution in [0.3, 0.4) is 0 Å². The summed E-state index contributed by atoms with van der Waals surface area (Å²) < 4.78 is 5.57. The zero-order valence-corrected chi connectivity index (χ0v) is 16.3. The second-order valence-corrected chi connectivity index (χ2v) is 8.25. The van der Waals surface area contributed by atoms with Crippen molar-refractivity contribution in [1.29, 1.82) is 5.26 Å². The van der Waals surface area contributed by atoms with Gasteiger partial charge in [0.25, 0.3) is 0 Å². The number of anilines is 1. The largest absolute Gasteiger partial charge is 0.450 e. The third-order valence-electron chi connectivity index (χ3n) is 5.51. The highest BCUT2D eigenvalue weighted by Gasteiger charge is 2.65. The van der Waals surface area contributed by atoms with Crippen LogP contribution in [0, 0.1) is 17.2 Å². The molecule has 1 aromatic rings. The minimum Gasteiger partial charge on any atom is -0.450 e. The van der Waals surface area contributed by atoms with Crippen LogP contribution in [0.15, 0.2) is 46.9 Å². The molecule has 0 bridgehead atoms. The number of fused-ring (bicyclic) bond motifs is 3. The van der Waals surface area contributed by atoms with Crippen molar-refractivity contribution < 1.29 is 14.3 Å². The standard InChI is InChI=1S/C21H22N4O3/c1-11(2)10-25-14-8-6-5-7-12(14)21(19(25)27)13(9-22)17(23)24-16-15(21)18(26)28-20(16,3)4/h5-8,11,24H,10,23H2,1-4H3/t21-/m1/s1. The van der Waals surface area contributed by atoms with Crippen LogP contribution in [0.4, 0.5) is 5.69 Å². The number of hydrogen-bond acceptors (Lipinski definition) is 6. The third-order valence-corrected chi connectivity index (χ3v) is 5.51. The number of esters is 1. The quantitative estimate of drug-likeness (QED) is 0.760. The van der Waals surface area contributed by atoms with Crippen molar-refractivity contribution in [3.05, 3.63) is 52.5 Å². The monoisotopic (exact) mass is 378 g/mol. The molecular formula is C21H22N4O3. The number of para-hydroxylation sites is 1. The fourth-order valence-electron chi connectivity index (χ4n) is 4.44. The van der Waals surface area contributed by atoms with E-state index in [0.29, 0.717) is 23.5 Å². The smallest absolute Gasteiger partial charge is 0.338 e. The van der Waals surface area contributed by atoms with E-state index in [9.17, 15) is 14.9 Å². The van der Waals surface area contributed by atoms with Crippen molar-refractivity contribution >= 4 is 17.6 Å². The molecule has 1 atom stereocenters. The summed E-state index contributed by atoms with van der Waals surface area (Å²) in [6.07, 6.45) is 0. The Morgan fingerprint density at radius 3 is 2.61 bits per heavy atom. The molecule has 0 aliphatic carbocycles. The summed E-state index contributed by atoms with van der Waals surface area (Å²) in [6, 6.07) is 9.35. The highest BCUT2D eigenvalue weighted by molar-refractivity contribution is 6.19. The maximum atomic E-state index is 13.9. The Bertz CT molecular complexity index is 1030. The molecule has 3 aliphatic rings. The molecule has 0 saturated carbocycles. The number of cyclic esters (lactones) is 1. The van der Waals surface area contributed by atoms with Crippen molar-refractivity contribution in [2.24, 2.45) is 11.7 Å². The van der Waals surface area contributed by atoms with E-state index in [0.717, 1.165) is 0 Å². The van der Waals surface area contributed by atoms with E-state index in [2.05, 4.69) is 11.4 Å². The number of nitrogens with one attached hydrogen (secondary N) is 1. The molecule has 3 heterocycles. The van der Waals surface area contributed by atoms with Gasteiger partial charge in [-0.15, -0.1) is 0 Å². The number of rotatable bonds is 2. The molecule has 4 rings (SSSR count). The molecule has 1 amide bonds. The van der Waals surface area contributed by atoms with Crippen LogP contribution >= 0.6 is 0 Å². The van der Waals surface area contributed by atoms with Crippen LogP contribution in [0.2, 0.25) is 0 Å². The van der Waals surface area contributed by atoms with E-state index in [4.69, 9.17) is 10.5 Å². The molecule has 1 aromatic carbocycles. The first kappa shape index (κ1) is 18.1. The van der Waals surface area contributed by atoms with Crippen LogP contribution in [0.25, 0.3) is 0 Å². The number of ether oxygens (including phenoxy) is 1. The average molecular weight is 378 g/mol. The van der Waals surface area contributed by atoms with Crippen molar-refractivity contribution in [3.63, 3.8) is 0 Å². The molecular weight excluding hydrogens is 356 g/mol. The SMILES string of the molecule is CC(C)CN1C(=O)[C@@]2(C(C#N)=C(N)NC3=C2C(=O)OC3(C)C)c2ccccc21. The summed E-state index contributed by atoms with van der Waals surface area (Å²) in [5.74, 6) is -0.684. The number of dihydropyridines is 1. The maximum absolute atomic E-state index is 13.9. The first-order chi connectivity index (χ1) is 13.2. The molecule has 0 aromatic heterocycles. The molecule has 28 heavy (non-hydrogen) atoms. The Labute approximate surface area is 163 Å². The molecule has 0 radical (unpaired) electrons. The predicted molar refractivity (Wildman–Crippen MR) is 102 cm³/mol. The van der Waals surface area contributed by atoms with Crippen LogP contribution in [0.1, 0.15) is 33.3 Å². The van der Waals surface area contributed by atoms with E-state index >= 15 is 0 Å². The lowest BCUT2D eigenvalue weighted by Gasteiger charge is -2.34. The fourth-order valence-corrected chi connectivity index (χ4v) is 4.44. The Kier molecular flexibility index (Phi) is 3.63. The predicted octanol–water partition coefficient (Wildman–Crippen LogP) is 1.81. The molecule has 144 valence electrons. The van der Waals surface area contributed by atoms with Crippen LogP contribution in [-0.4, -0.2) is 24.0 Å². The van der Waals surface area contributed by atoms with Gasteiger partial charge in [0.1, 0.15) is 22.9 Å². The van der Waals surface area contributed by atoms with Gasteiger partial charge in [0.2, 0.25) is 5.91 Å². The van der Waals surface area contributed by atoms with Gasteiger partial charge >= 0.3 is 5.97 Å². The summed E-state index contributed by atoms with van der Waals surface area (Å²) in [4.78, 5) is 28.5. The number of benzene rings is 1. The molecule has 7 nitrogen and oxygen atoms in total. The fraction of sp³-hybridized carbons (Fsp3) is 0.381. The number of carbonyl (C=O) groups is 2. The van der Waals surface area contributed by atoms with Crippen molar-refractivity contribution in [3.8, 4) is 6.07 Å². The average Bonchev–Trinajstić information content (AvgIpc) is 2.98. The van der Waals surface area contributed by atoms with Crippen LogP contribution < -0.4 is 16.0 Å². The Morgan fingerprint density at radius 2 is 1.96 bits per heavy atom. The summed E-state index contributed by atoms with van der Waals surface area (Å²) in [5.41, 5.74) is 5.54. The molecule has 0 fully saturated rings. The molecule has 7 heteroatoms. The van der Waals surface area contributed by atoms with Gasteiger partial charge in [0.05, 0.1) is 16.8 Å². The molecule has 0 unspecified atom stereocenters. The van der Waals surface area contributed by atoms with E-state index in [1.165, 1.54) is 0 Å². The normalized spacial score (nSPS) is 25.1. The van der Waals surface area contributed by atoms with E-state index in [1.807, 2.05) is 26.0 Å². The minimum atomic E-state index is -1.59. The molecule has 0 saturated heterocycles. The van der Waals surface area contributed by atoms with E-state index in [1.54, 1.807) is 30.9 Å². The zero-order chi connectivity index (χ0) is 20.4. The van der Waals surface area contributed by atoms with Gasteiger partial charge in [-0.2, -0.15) is 5.26 Å². The van der Waals surface area contributed by atoms with Gasteiger partial charge in [-0.3, -0.25) is 4.79 Å². The highest BCUT2D eigenvalue weighted by Crippen LogP contribution is 2.56. The summed E-state index contributed by atoms with van der Waals surface area (Å²) in [7, 11) is 0. The third kappa shape index (κ3) is 2.03. The van der Waals surface area contributed by atoms with Crippen molar-refractivity contribution in [1.82, 2.24) is 5.32 Å².